The number of halogens is 3. The summed E-state index contributed by atoms with van der Waals surface area (Å²) in [5.41, 5.74) is 1.85. The van der Waals surface area contributed by atoms with Gasteiger partial charge in [0, 0.05) is 26.2 Å². The first-order valence-electron chi connectivity index (χ1n) is 8.91. The summed E-state index contributed by atoms with van der Waals surface area (Å²) < 4.78 is 5.49. The Labute approximate surface area is 187 Å². The molecule has 1 aromatic heterocycles. The van der Waals surface area contributed by atoms with Gasteiger partial charge in [-0.1, -0.05) is 70.3 Å². The molecule has 1 heterocycles. The molecule has 1 unspecified atom stereocenters. The Morgan fingerprint density at radius 2 is 1.57 bits per heavy atom. The fraction of sp³-hybridized carbons (Fsp3) is 0.0455. The summed E-state index contributed by atoms with van der Waals surface area (Å²) in [6.45, 7) is 0. The van der Waals surface area contributed by atoms with Crippen molar-refractivity contribution in [3.05, 3.63) is 105 Å². The van der Waals surface area contributed by atoms with Gasteiger partial charge in [-0.15, -0.1) is 0 Å². The molecule has 0 radical (unpaired) electrons. The Morgan fingerprint density at radius 3 is 2.27 bits per heavy atom. The van der Waals surface area contributed by atoms with Gasteiger partial charge in [-0.2, -0.15) is 4.98 Å². The van der Waals surface area contributed by atoms with E-state index >= 15 is 0 Å². The van der Waals surface area contributed by atoms with Crippen molar-refractivity contribution in [2.24, 2.45) is 0 Å². The molecule has 0 aliphatic heterocycles. The van der Waals surface area contributed by atoms with Gasteiger partial charge in [-0.25, -0.2) is 0 Å². The van der Waals surface area contributed by atoms with Crippen LogP contribution in [0.15, 0.2) is 77.3 Å². The van der Waals surface area contributed by atoms with Crippen molar-refractivity contribution >= 4 is 40.7 Å². The number of hydrogen-bond acceptors (Lipinski definition) is 4. The topological polar surface area (TPSA) is 68.0 Å². The predicted molar refractivity (Wildman–Crippen MR) is 117 cm³/mol. The summed E-state index contributed by atoms with van der Waals surface area (Å²) in [4.78, 5) is 17.3. The lowest BCUT2D eigenvalue weighted by Gasteiger charge is -2.16. The third-order valence-corrected chi connectivity index (χ3v) is 5.06. The van der Waals surface area contributed by atoms with E-state index in [0.717, 1.165) is 5.56 Å². The molecule has 1 N–H and O–H groups in total. The average molecular weight is 459 g/mol. The van der Waals surface area contributed by atoms with Crippen molar-refractivity contribution in [2.45, 2.75) is 6.04 Å². The zero-order chi connectivity index (χ0) is 21.1. The van der Waals surface area contributed by atoms with Gasteiger partial charge in [0.1, 0.15) is 6.04 Å². The molecular weight excluding hydrogens is 445 g/mol. The average Bonchev–Trinajstić information content (AvgIpc) is 3.23. The summed E-state index contributed by atoms with van der Waals surface area (Å²) in [5, 5.41) is 8.56. The highest BCUT2D eigenvalue weighted by atomic mass is 35.5. The second kappa shape index (κ2) is 8.88. The quantitative estimate of drug-likeness (QED) is 0.386. The lowest BCUT2D eigenvalue weighted by Crippen LogP contribution is -2.29. The van der Waals surface area contributed by atoms with Crippen LogP contribution in [0.2, 0.25) is 15.1 Å². The van der Waals surface area contributed by atoms with Gasteiger partial charge in [-0.3, -0.25) is 4.79 Å². The van der Waals surface area contributed by atoms with Crippen LogP contribution in [0.3, 0.4) is 0 Å². The van der Waals surface area contributed by atoms with Gasteiger partial charge in [-0.05, 0) is 48.0 Å². The van der Waals surface area contributed by atoms with E-state index in [-0.39, 0.29) is 11.8 Å². The highest BCUT2D eigenvalue weighted by Crippen LogP contribution is 2.26. The SMILES string of the molecule is O=C(NC(c1ccc(Cl)cc1)c1nc(-c2cccc(Cl)c2)no1)c1cccc(Cl)c1. The third-order valence-electron chi connectivity index (χ3n) is 4.34. The number of nitrogens with zero attached hydrogens (tertiary/aromatic N) is 2. The number of aromatic nitrogens is 2. The third kappa shape index (κ3) is 4.65. The van der Waals surface area contributed by atoms with E-state index < -0.39 is 6.04 Å². The molecule has 0 aliphatic carbocycles. The summed E-state index contributed by atoms with van der Waals surface area (Å²) in [6.07, 6.45) is 0. The Hall–Kier alpha value is -2.86. The van der Waals surface area contributed by atoms with Crippen molar-refractivity contribution in [1.29, 1.82) is 0 Å². The van der Waals surface area contributed by atoms with Crippen molar-refractivity contribution in [3.63, 3.8) is 0 Å². The van der Waals surface area contributed by atoms with Crippen LogP contribution in [0.4, 0.5) is 0 Å². The van der Waals surface area contributed by atoms with Gasteiger partial charge in [0.15, 0.2) is 0 Å². The van der Waals surface area contributed by atoms with Crippen LogP contribution in [0, 0.1) is 0 Å². The Morgan fingerprint density at radius 1 is 0.867 bits per heavy atom. The molecular formula is C22H14Cl3N3O2. The smallest absolute Gasteiger partial charge is 0.254 e. The number of nitrogens with one attached hydrogen (secondary N) is 1. The standard InChI is InChI=1S/C22H14Cl3N3O2/c23-16-9-7-13(8-10-16)19(26-21(29)15-4-2-6-18(25)12-15)22-27-20(28-30-22)14-3-1-5-17(24)11-14/h1-12,19H,(H,26,29). The van der Waals surface area contributed by atoms with Crippen LogP contribution in [-0.4, -0.2) is 16.0 Å². The first-order valence-corrected chi connectivity index (χ1v) is 10.0. The normalized spacial score (nSPS) is 11.8. The van der Waals surface area contributed by atoms with Crippen molar-refractivity contribution in [1.82, 2.24) is 15.5 Å². The van der Waals surface area contributed by atoms with Gasteiger partial charge in [0.05, 0.1) is 0 Å². The summed E-state index contributed by atoms with van der Waals surface area (Å²) in [7, 11) is 0. The second-order valence-electron chi connectivity index (χ2n) is 6.43. The van der Waals surface area contributed by atoms with Crippen LogP contribution in [0.5, 0.6) is 0 Å². The number of benzene rings is 3. The van der Waals surface area contributed by atoms with E-state index in [0.29, 0.717) is 32.0 Å². The molecule has 30 heavy (non-hydrogen) atoms. The van der Waals surface area contributed by atoms with Gasteiger partial charge in [0.25, 0.3) is 11.8 Å². The fourth-order valence-corrected chi connectivity index (χ4v) is 3.39. The van der Waals surface area contributed by atoms with Crippen LogP contribution in [-0.2, 0) is 0 Å². The van der Waals surface area contributed by atoms with Gasteiger partial charge < -0.3 is 9.84 Å². The van der Waals surface area contributed by atoms with E-state index in [9.17, 15) is 4.79 Å². The highest BCUT2D eigenvalue weighted by molar-refractivity contribution is 6.31. The number of amides is 1. The molecule has 3 aromatic carbocycles. The number of hydrogen-bond donors (Lipinski definition) is 1. The molecule has 1 atom stereocenters. The van der Waals surface area contributed by atoms with E-state index in [1.54, 1.807) is 66.7 Å². The molecule has 0 bridgehead atoms. The maximum Gasteiger partial charge on any atom is 0.254 e. The fourth-order valence-electron chi connectivity index (χ4n) is 2.88. The zero-order valence-electron chi connectivity index (χ0n) is 15.4. The first-order chi connectivity index (χ1) is 14.5. The maximum atomic E-state index is 12.8. The number of carbonyl (C=O) groups excluding carboxylic acids is 1. The summed E-state index contributed by atoms with van der Waals surface area (Å²) >= 11 is 18.1. The molecule has 150 valence electrons. The van der Waals surface area contributed by atoms with Crippen LogP contribution >= 0.6 is 34.8 Å². The summed E-state index contributed by atoms with van der Waals surface area (Å²) in [6, 6.07) is 20.1. The molecule has 0 fully saturated rings. The van der Waals surface area contributed by atoms with Crippen molar-refractivity contribution < 1.29 is 9.32 Å². The molecule has 0 spiro atoms. The molecule has 8 heteroatoms. The number of rotatable bonds is 5. The Kier molecular flexibility index (Phi) is 6.04. The predicted octanol–water partition coefficient (Wildman–Crippen LogP) is 6.22. The zero-order valence-corrected chi connectivity index (χ0v) is 17.6. The minimum atomic E-state index is -0.686. The molecule has 0 aliphatic rings. The highest BCUT2D eigenvalue weighted by Gasteiger charge is 2.24. The van der Waals surface area contributed by atoms with Crippen molar-refractivity contribution in [3.8, 4) is 11.4 Å². The first kappa shape index (κ1) is 20.4. The molecule has 4 aromatic rings. The molecule has 0 saturated heterocycles. The molecule has 1 amide bonds. The van der Waals surface area contributed by atoms with E-state index in [1.165, 1.54) is 0 Å². The minimum Gasteiger partial charge on any atom is -0.336 e. The van der Waals surface area contributed by atoms with E-state index in [2.05, 4.69) is 15.5 Å². The Balaban J connectivity index is 1.69. The van der Waals surface area contributed by atoms with Crippen LogP contribution in [0.1, 0.15) is 27.9 Å². The molecule has 5 nitrogen and oxygen atoms in total. The van der Waals surface area contributed by atoms with E-state index in [1.807, 2.05) is 6.07 Å². The van der Waals surface area contributed by atoms with Crippen molar-refractivity contribution in [2.75, 3.05) is 0 Å². The molecule has 4 rings (SSSR count). The van der Waals surface area contributed by atoms with Crippen LogP contribution in [0.25, 0.3) is 11.4 Å². The van der Waals surface area contributed by atoms with Gasteiger partial charge >= 0.3 is 0 Å². The minimum absolute atomic E-state index is 0.225. The van der Waals surface area contributed by atoms with Crippen LogP contribution < -0.4 is 5.32 Å². The Bertz CT molecular complexity index is 1190. The lowest BCUT2D eigenvalue weighted by molar-refractivity contribution is 0.0936. The largest absolute Gasteiger partial charge is 0.336 e. The molecule has 0 saturated carbocycles. The van der Waals surface area contributed by atoms with E-state index in [4.69, 9.17) is 39.3 Å². The monoisotopic (exact) mass is 457 g/mol. The number of carbonyl (C=O) groups is 1. The second-order valence-corrected chi connectivity index (χ2v) is 7.74. The maximum absolute atomic E-state index is 12.8. The summed E-state index contributed by atoms with van der Waals surface area (Å²) in [5.74, 6) is 0.256. The van der Waals surface area contributed by atoms with Gasteiger partial charge in [0.2, 0.25) is 5.82 Å². The lowest BCUT2D eigenvalue weighted by atomic mass is 10.1.